The summed E-state index contributed by atoms with van der Waals surface area (Å²) in [4.78, 5) is 11.9. The molecule has 0 radical (unpaired) electrons. The Balaban J connectivity index is 2.10. The zero-order chi connectivity index (χ0) is 13.8. The number of phenolic OH excluding ortho intramolecular Hbond substituents is 2. The highest BCUT2D eigenvalue weighted by molar-refractivity contribution is 5.93. The van der Waals surface area contributed by atoms with E-state index in [9.17, 15) is 15.0 Å². The number of aromatic hydroxyl groups is 2. The lowest BCUT2D eigenvalue weighted by molar-refractivity contribution is -0.115. The van der Waals surface area contributed by atoms with E-state index in [2.05, 4.69) is 5.32 Å². The summed E-state index contributed by atoms with van der Waals surface area (Å²) in [6.07, 6.45) is 0.0851. The fourth-order valence-electron chi connectivity index (χ4n) is 1.79. The summed E-state index contributed by atoms with van der Waals surface area (Å²) in [7, 11) is 0. The third-order valence-corrected chi connectivity index (χ3v) is 2.92. The normalized spacial score (nSPS) is 10.2. The predicted molar refractivity (Wildman–Crippen MR) is 73.3 cm³/mol. The van der Waals surface area contributed by atoms with E-state index in [1.807, 2.05) is 0 Å². The Morgan fingerprint density at radius 1 is 1.05 bits per heavy atom. The summed E-state index contributed by atoms with van der Waals surface area (Å²) >= 11 is 0. The summed E-state index contributed by atoms with van der Waals surface area (Å²) < 4.78 is 0. The van der Waals surface area contributed by atoms with Gasteiger partial charge in [-0.2, -0.15) is 0 Å². The third kappa shape index (κ3) is 3.04. The van der Waals surface area contributed by atoms with E-state index in [4.69, 9.17) is 0 Å². The molecule has 3 N–H and O–H groups in total. The van der Waals surface area contributed by atoms with Crippen LogP contribution in [-0.4, -0.2) is 16.1 Å². The summed E-state index contributed by atoms with van der Waals surface area (Å²) in [5, 5.41) is 21.9. The molecule has 0 aliphatic carbocycles. The number of anilines is 1. The molecule has 0 saturated heterocycles. The van der Waals surface area contributed by atoms with Crippen LogP contribution in [0.25, 0.3) is 0 Å². The van der Waals surface area contributed by atoms with E-state index in [0.29, 0.717) is 16.8 Å². The van der Waals surface area contributed by atoms with Crippen LogP contribution in [0.1, 0.15) is 11.1 Å². The van der Waals surface area contributed by atoms with E-state index >= 15 is 0 Å². The fourth-order valence-corrected chi connectivity index (χ4v) is 1.79. The largest absolute Gasteiger partial charge is 0.508 e. The second kappa shape index (κ2) is 5.44. The Hall–Kier alpha value is -2.49. The van der Waals surface area contributed by atoms with Gasteiger partial charge in [-0.3, -0.25) is 4.79 Å². The smallest absolute Gasteiger partial charge is 0.228 e. The van der Waals surface area contributed by atoms with Crippen molar-refractivity contribution in [3.8, 4) is 11.5 Å². The van der Waals surface area contributed by atoms with Crippen molar-refractivity contribution in [2.75, 3.05) is 5.32 Å². The standard InChI is InChI=1S/C15H15NO3/c1-10-12(6-4-8-13(10)17)16-15(19)9-11-5-2-3-7-14(11)18/h2-8,17-18H,9H2,1H3,(H,16,19). The van der Waals surface area contributed by atoms with Crippen LogP contribution in [0.5, 0.6) is 11.5 Å². The van der Waals surface area contributed by atoms with E-state index in [1.165, 1.54) is 0 Å². The lowest BCUT2D eigenvalue weighted by Crippen LogP contribution is -2.15. The number of carbonyl (C=O) groups excluding carboxylic acids is 1. The van der Waals surface area contributed by atoms with Crippen molar-refractivity contribution >= 4 is 11.6 Å². The topological polar surface area (TPSA) is 69.6 Å². The Morgan fingerprint density at radius 2 is 1.74 bits per heavy atom. The predicted octanol–water partition coefficient (Wildman–Crippen LogP) is 2.59. The first kappa shape index (κ1) is 13.0. The minimum absolute atomic E-state index is 0.0851. The van der Waals surface area contributed by atoms with Gasteiger partial charge in [-0.25, -0.2) is 0 Å². The van der Waals surface area contributed by atoms with Gasteiger partial charge in [0, 0.05) is 16.8 Å². The lowest BCUT2D eigenvalue weighted by atomic mass is 10.1. The maximum Gasteiger partial charge on any atom is 0.228 e. The zero-order valence-electron chi connectivity index (χ0n) is 10.6. The number of nitrogens with one attached hydrogen (secondary N) is 1. The quantitative estimate of drug-likeness (QED) is 0.791. The first-order valence-electron chi connectivity index (χ1n) is 5.93. The molecule has 0 aromatic heterocycles. The molecule has 0 aliphatic rings. The van der Waals surface area contributed by atoms with E-state index in [0.717, 1.165) is 0 Å². The fraction of sp³-hybridized carbons (Fsp3) is 0.133. The molecular weight excluding hydrogens is 242 g/mol. The van der Waals surface area contributed by atoms with Crippen molar-refractivity contribution in [1.29, 1.82) is 0 Å². The summed E-state index contributed by atoms with van der Waals surface area (Å²) in [6, 6.07) is 11.7. The zero-order valence-corrected chi connectivity index (χ0v) is 10.6. The average molecular weight is 257 g/mol. The molecule has 0 saturated carbocycles. The van der Waals surface area contributed by atoms with Gasteiger partial charge in [0.2, 0.25) is 5.91 Å². The van der Waals surface area contributed by atoms with E-state index < -0.39 is 0 Å². The molecule has 2 aromatic carbocycles. The SMILES string of the molecule is Cc1c(O)cccc1NC(=O)Cc1ccccc1O. The van der Waals surface area contributed by atoms with Gasteiger partial charge >= 0.3 is 0 Å². The van der Waals surface area contributed by atoms with Crippen LogP contribution in [0.15, 0.2) is 42.5 Å². The van der Waals surface area contributed by atoms with Gasteiger partial charge < -0.3 is 15.5 Å². The van der Waals surface area contributed by atoms with Gasteiger partial charge in [0.25, 0.3) is 0 Å². The van der Waals surface area contributed by atoms with Crippen LogP contribution in [0.3, 0.4) is 0 Å². The summed E-state index contributed by atoms with van der Waals surface area (Å²) in [6.45, 7) is 1.73. The van der Waals surface area contributed by atoms with Gasteiger partial charge in [0.1, 0.15) is 11.5 Å². The summed E-state index contributed by atoms with van der Waals surface area (Å²) in [5.41, 5.74) is 1.76. The molecule has 4 nitrogen and oxygen atoms in total. The van der Waals surface area contributed by atoms with Crippen LogP contribution < -0.4 is 5.32 Å². The molecule has 0 fully saturated rings. The van der Waals surface area contributed by atoms with Crippen molar-refractivity contribution in [2.45, 2.75) is 13.3 Å². The van der Waals surface area contributed by atoms with Crippen LogP contribution in [0, 0.1) is 6.92 Å². The Bertz CT molecular complexity index is 608. The molecule has 0 atom stereocenters. The molecule has 1 amide bonds. The molecule has 98 valence electrons. The van der Waals surface area contributed by atoms with Crippen LogP contribution >= 0.6 is 0 Å². The molecular formula is C15H15NO3. The van der Waals surface area contributed by atoms with Gasteiger partial charge in [-0.05, 0) is 25.1 Å². The second-order valence-corrected chi connectivity index (χ2v) is 4.30. The summed E-state index contributed by atoms with van der Waals surface area (Å²) in [5.74, 6) is 0.000777. The minimum Gasteiger partial charge on any atom is -0.508 e. The second-order valence-electron chi connectivity index (χ2n) is 4.30. The maximum absolute atomic E-state index is 11.9. The first-order valence-corrected chi connectivity index (χ1v) is 5.93. The van der Waals surface area contributed by atoms with Crippen molar-refractivity contribution in [1.82, 2.24) is 0 Å². The number of hydrogen-bond acceptors (Lipinski definition) is 3. The average Bonchev–Trinajstić information content (AvgIpc) is 2.38. The molecule has 0 bridgehead atoms. The van der Waals surface area contributed by atoms with Gasteiger partial charge in [0.05, 0.1) is 6.42 Å². The molecule has 0 aliphatic heterocycles. The molecule has 0 unspecified atom stereocenters. The third-order valence-electron chi connectivity index (χ3n) is 2.92. The van der Waals surface area contributed by atoms with Crippen LogP contribution in [0.2, 0.25) is 0 Å². The number of amides is 1. The number of carbonyl (C=O) groups is 1. The Morgan fingerprint density at radius 3 is 2.47 bits per heavy atom. The molecule has 2 aromatic rings. The molecule has 2 rings (SSSR count). The van der Waals surface area contributed by atoms with Crippen molar-refractivity contribution in [2.24, 2.45) is 0 Å². The number of benzene rings is 2. The highest BCUT2D eigenvalue weighted by atomic mass is 16.3. The number of hydrogen-bond donors (Lipinski definition) is 3. The lowest BCUT2D eigenvalue weighted by Gasteiger charge is -2.10. The first-order chi connectivity index (χ1) is 9.08. The molecule has 0 heterocycles. The van der Waals surface area contributed by atoms with Gasteiger partial charge in [0.15, 0.2) is 0 Å². The van der Waals surface area contributed by atoms with Crippen LogP contribution in [-0.2, 0) is 11.2 Å². The monoisotopic (exact) mass is 257 g/mol. The minimum atomic E-state index is -0.241. The van der Waals surface area contributed by atoms with Crippen molar-refractivity contribution in [3.63, 3.8) is 0 Å². The van der Waals surface area contributed by atoms with E-state index in [1.54, 1.807) is 49.4 Å². The van der Waals surface area contributed by atoms with Gasteiger partial charge in [-0.15, -0.1) is 0 Å². The number of para-hydroxylation sites is 1. The Labute approximate surface area is 111 Å². The highest BCUT2D eigenvalue weighted by Gasteiger charge is 2.09. The molecule has 0 spiro atoms. The Kier molecular flexibility index (Phi) is 3.71. The van der Waals surface area contributed by atoms with Crippen LogP contribution in [0.4, 0.5) is 5.69 Å². The van der Waals surface area contributed by atoms with E-state index in [-0.39, 0.29) is 23.8 Å². The van der Waals surface area contributed by atoms with Crippen molar-refractivity contribution < 1.29 is 15.0 Å². The molecule has 4 heteroatoms. The van der Waals surface area contributed by atoms with Crippen molar-refractivity contribution in [3.05, 3.63) is 53.6 Å². The maximum atomic E-state index is 11.9. The van der Waals surface area contributed by atoms with Gasteiger partial charge in [-0.1, -0.05) is 24.3 Å². The number of phenols is 2. The molecule has 19 heavy (non-hydrogen) atoms. The highest BCUT2D eigenvalue weighted by Crippen LogP contribution is 2.24. The number of rotatable bonds is 3.